The summed E-state index contributed by atoms with van der Waals surface area (Å²) < 4.78 is 0. The van der Waals surface area contributed by atoms with E-state index in [0.29, 0.717) is 6.42 Å². The lowest BCUT2D eigenvalue weighted by atomic mass is 10.1. The highest BCUT2D eigenvalue weighted by Gasteiger charge is 2.01. The van der Waals surface area contributed by atoms with Crippen molar-refractivity contribution in [2.75, 3.05) is 6.61 Å². The van der Waals surface area contributed by atoms with E-state index in [4.69, 9.17) is 5.11 Å². The number of H-pyrrole nitrogens is 1. The fourth-order valence-electron chi connectivity index (χ4n) is 2.03. The van der Waals surface area contributed by atoms with Crippen molar-refractivity contribution in [3.8, 4) is 0 Å². The zero-order valence-electron chi connectivity index (χ0n) is 9.79. The van der Waals surface area contributed by atoms with Gasteiger partial charge in [-0.1, -0.05) is 25.5 Å². The minimum atomic E-state index is 0.204. The molecule has 2 N–H and O–H groups in total. The van der Waals surface area contributed by atoms with E-state index in [9.17, 15) is 0 Å². The molecule has 0 aliphatic heterocycles. The van der Waals surface area contributed by atoms with Crippen LogP contribution in [0.4, 0.5) is 0 Å². The summed E-state index contributed by atoms with van der Waals surface area (Å²) >= 11 is 0. The minimum absolute atomic E-state index is 0.204. The molecule has 0 saturated carbocycles. The highest BCUT2D eigenvalue weighted by molar-refractivity contribution is 5.81. The van der Waals surface area contributed by atoms with E-state index in [1.165, 1.54) is 29.3 Å². The molecule has 2 rings (SSSR count). The van der Waals surface area contributed by atoms with Gasteiger partial charge in [0.1, 0.15) is 0 Å². The average molecular weight is 217 g/mol. The number of hydrogen-bond acceptors (Lipinski definition) is 1. The first-order valence-electron chi connectivity index (χ1n) is 6.05. The fourth-order valence-corrected chi connectivity index (χ4v) is 2.03. The van der Waals surface area contributed by atoms with Crippen LogP contribution in [0.5, 0.6) is 0 Å². The Labute approximate surface area is 96.3 Å². The maximum Gasteiger partial charge on any atom is 0.0485 e. The van der Waals surface area contributed by atoms with Crippen LogP contribution >= 0.6 is 0 Å². The molecule has 0 radical (unpaired) electrons. The number of aromatic amines is 1. The van der Waals surface area contributed by atoms with Gasteiger partial charge in [0.15, 0.2) is 0 Å². The molecule has 0 unspecified atom stereocenters. The Morgan fingerprint density at radius 3 is 2.81 bits per heavy atom. The predicted molar refractivity (Wildman–Crippen MR) is 67.7 cm³/mol. The number of aliphatic hydroxyl groups excluding tert-OH is 1. The van der Waals surface area contributed by atoms with Gasteiger partial charge < -0.3 is 10.1 Å². The van der Waals surface area contributed by atoms with Gasteiger partial charge in [0, 0.05) is 24.2 Å². The van der Waals surface area contributed by atoms with Gasteiger partial charge >= 0.3 is 0 Å². The Kier molecular flexibility index (Phi) is 3.62. The Morgan fingerprint density at radius 2 is 2.06 bits per heavy atom. The molecule has 2 heteroatoms. The van der Waals surface area contributed by atoms with Crippen molar-refractivity contribution < 1.29 is 5.11 Å². The Bertz CT molecular complexity index is 459. The number of aliphatic hydroxyl groups is 1. The first kappa shape index (κ1) is 11.2. The van der Waals surface area contributed by atoms with Crippen LogP contribution in [0.15, 0.2) is 24.3 Å². The van der Waals surface area contributed by atoms with Crippen LogP contribution in [0.25, 0.3) is 10.9 Å². The van der Waals surface area contributed by atoms with E-state index in [1.54, 1.807) is 0 Å². The van der Waals surface area contributed by atoms with Crippen molar-refractivity contribution in [3.05, 3.63) is 35.5 Å². The number of aryl methyl sites for hydroxylation is 1. The highest BCUT2D eigenvalue weighted by Crippen LogP contribution is 2.18. The summed E-state index contributed by atoms with van der Waals surface area (Å²) in [6, 6.07) is 8.72. The lowest BCUT2D eigenvalue weighted by Crippen LogP contribution is -1.89. The maximum atomic E-state index is 8.90. The molecule has 0 saturated heterocycles. The van der Waals surface area contributed by atoms with Crippen molar-refractivity contribution >= 4 is 10.9 Å². The van der Waals surface area contributed by atoms with E-state index < -0.39 is 0 Å². The van der Waals surface area contributed by atoms with Gasteiger partial charge in [-0.25, -0.2) is 0 Å². The summed E-state index contributed by atoms with van der Waals surface area (Å²) in [4.78, 5) is 3.35. The van der Waals surface area contributed by atoms with E-state index in [0.717, 1.165) is 12.1 Å². The Hall–Kier alpha value is -1.28. The maximum absolute atomic E-state index is 8.90. The molecule has 2 aromatic rings. The quantitative estimate of drug-likeness (QED) is 0.793. The molecule has 1 heterocycles. The number of fused-ring (bicyclic) bond motifs is 1. The topological polar surface area (TPSA) is 36.0 Å². The number of unbranched alkanes of at least 4 members (excludes halogenated alkanes) is 1. The molecule has 0 fully saturated rings. The van der Waals surface area contributed by atoms with Gasteiger partial charge in [-0.2, -0.15) is 0 Å². The van der Waals surface area contributed by atoms with Crippen LogP contribution < -0.4 is 0 Å². The van der Waals surface area contributed by atoms with Crippen LogP contribution in [-0.4, -0.2) is 16.7 Å². The number of benzene rings is 1. The zero-order chi connectivity index (χ0) is 11.4. The van der Waals surface area contributed by atoms with E-state index in [-0.39, 0.29) is 6.61 Å². The number of rotatable bonds is 5. The van der Waals surface area contributed by atoms with Crippen molar-refractivity contribution in [1.29, 1.82) is 0 Å². The number of aromatic nitrogens is 1. The van der Waals surface area contributed by atoms with Gasteiger partial charge in [-0.3, -0.25) is 0 Å². The first-order valence-corrected chi connectivity index (χ1v) is 6.05. The van der Waals surface area contributed by atoms with E-state index >= 15 is 0 Å². The number of nitrogens with one attached hydrogen (secondary N) is 1. The van der Waals surface area contributed by atoms with Crippen molar-refractivity contribution in [1.82, 2.24) is 4.98 Å². The Balaban J connectivity index is 2.23. The van der Waals surface area contributed by atoms with Crippen molar-refractivity contribution in [3.63, 3.8) is 0 Å². The summed E-state index contributed by atoms with van der Waals surface area (Å²) in [7, 11) is 0. The SMILES string of the molecule is CCCCc1ccc2cc(CCO)[nH]c2c1. The molecule has 0 aliphatic carbocycles. The van der Waals surface area contributed by atoms with Gasteiger partial charge in [0.25, 0.3) is 0 Å². The second-order valence-electron chi connectivity index (χ2n) is 4.29. The molecule has 2 nitrogen and oxygen atoms in total. The van der Waals surface area contributed by atoms with Crippen LogP contribution in [0.1, 0.15) is 31.0 Å². The largest absolute Gasteiger partial charge is 0.396 e. The van der Waals surface area contributed by atoms with Crippen LogP contribution in [0.2, 0.25) is 0 Å². The minimum Gasteiger partial charge on any atom is -0.396 e. The molecular formula is C14H19NO. The van der Waals surface area contributed by atoms with Gasteiger partial charge in [0.2, 0.25) is 0 Å². The van der Waals surface area contributed by atoms with Crippen molar-refractivity contribution in [2.24, 2.45) is 0 Å². The van der Waals surface area contributed by atoms with E-state index in [2.05, 4.69) is 36.2 Å². The standard InChI is InChI=1S/C14H19NO/c1-2-3-4-11-5-6-12-10-13(7-8-16)15-14(12)9-11/h5-6,9-10,15-16H,2-4,7-8H2,1H3. The molecule has 1 aromatic heterocycles. The first-order chi connectivity index (χ1) is 7.83. The summed E-state index contributed by atoms with van der Waals surface area (Å²) in [5.74, 6) is 0. The lowest BCUT2D eigenvalue weighted by molar-refractivity contribution is 0.298. The molecule has 16 heavy (non-hydrogen) atoms. The van der Waals surface area contributed by atoms with Crippen LogP contribution in [-0.2, 0) is 12.8 Å². The molecule has 0 amide bonds. The number of hydrogen-bond donors (Lipinski definition) is 2. The average Bonchev–Trinajstić information content (AvgIpc) is 2.68. The van der Waals surface area contributed by atoms with Gasteiger partial charge in [-0.15, -0.1) is 0 Å². The van der Waals surface area contributed by atoms with Gasteiger partial charge in [-0.05, 0) is 35.9 Å². The van der Waals surface area contributed by atoms with E-state index in [1.807, 2.05) is 0 Å². The molecule has 86 valence electrons. The molecular weight excluding hydrogens is 198 g/mol. The lowest BCUT2D eigenvalue weighted by Gasteiger charge is -1.99. The molecule has 0 aliphatic rings. The third kappa shape index (κ3) is 2.45. The molecule has 1 aromatic carbocycles. The predicted octanol–water partition coefficient (Wildman–Crippen LogP) is 3.05. The second-order valence-corrected chi connectivity index (χ2v) is 4.29. The van der Waals surface area contributed by atoms with Crippen molar-refractivity contribution in [2.45, 2.75) is 32.6 Å². The van der Waals surface area contributed by atoms with Crippen LogP contribution in [0, 0.1) is 0 Å². The third-order valence-corrected chi connectivity index (χ3v) is 2.94. The summed E-state index contributed by atoms with van der Waals surface area (Å²) in [5.41, 5.74) is 3.70. The Morgan fingerprint density at radius 1 is 1.19 bits per heavy atom. The highest BCUT2D eigenvalue weighted by atomic mass is 16.3. The summed E-state index contributed by atoms with van der Waals surface area (Å²) in [5, 5.41) is 10.1. The second kappa shape index (κ2) is 5.17. The fraction of sp³-hybridized carbons (Fsp3) is 0.429. The summed E-state index contributed by atoms with van der Waals surface area (Å²) in [6.45, 7) is 2.42. The zero-order valence-corrected chi connectivity index (χ0v) is 9.79. The molecule has 0 spiro atoms. The molecule has 0 bridgehead atoms. The monoisotopic (exact) mass is 217 g/mol. The summed E-state index contributed by atoms with van der Waals surface area (Å²) in [6.07, 6.45) is 4.34. The van der Waals surface area contributed by atoms with Crippen LogP contribution in [0.3, 0.4) is 0 Å². The normalized spacial score (nSPS) is 11.1. The molecule has 0 atom stereocenters. The third-order valence-electron chi connectivity index (χ3n) is 2.94. The smallest absolute Gasteiger partial charge is 0.0485 e. The van der Waals surface area contributed by atoms with Gasteiger partial charge in [0.05, 0.1) is 0 Å².